The van der Waals surface area contributed by atoms with E-state index in [1.54, 1.807) is 25.3 Å². The number of aromatic nitrogens is 1. The number of alkyl halides is 3. The van der Waals surface area contributed by atoms with Gasteiger partial charge in [0.15, 0.2) is 0 Å². The number of halogens is 3. The summed E-state index contributed by atoms with van der Waals surface area (Å²) in [7, 11) is 0. The Morgan fingerprint density at radius 1 is 1.03 bits per heavy atom. The van der Waals surface area contributed by atoms with Crippen LogP contribution in [0.4, 0.5) is 13.2 Å². The van der Waals surface area contributed by atoms with Crippen molar-refractivity contribution < 1.29 is 22.7 Å². The lowest BCUT2D eigenvalue weighted by atomic mass is 10.1. The number of pyridine rings is 1. The number of benzene rings is 2. The van der Waals surface area contributed by atoms with Crippen molar-refractivity contribution in [2.45, 2.75) is 25.7 Å². The Hall–Kier alpha value is -3.35. The molecule has 4 nitrogen and oxygen atoms in total. The van der Waals surface area contributed by atoms with Crippen LogP contribution in [0.1, 0.15) is 40.1 Å². The fraction of sp³-hybridized carbons (Fsp3) is 0.182. The van der Waals surface area contributed by atoms with Gasteiger partial charge in [-0.25, -0.2) is 0 Å². The summed E-state index contributed by atoms with van der Waals surface area (Å²) in [5.41, 5.74) is 0.994. The van der Waals surface area contributed by atoms with Crippen molar-refractivity contribution in [1.82, 2.24) is 10.3 Å². The molecule has 0 saturated carbocycles. The fourth-order valence-electron chi connectivity index (χ4n) is 2.64. The maximum Gasteiger partial charge on any atom is 0.416 e. The van der Waals surface area contributed by atoms with Crippen LogP contribution in [-0.2, 0) is 12.8 Å². The second-order valence-electron chi connectivity index (χ2n) is 6.46. The molecule has 7 heteroatoms. The Bertz CT molecular complexity index is 941. The highest BCUT2D eigenvalue weighted by Crippen LogP contribution is 2.29. The maximum atomic E-state index is 12.6. The van der Waals surface area contributed by atoms with Gasteiger partial charge in [-0.1, -0.05) is 30.3 Å². The molecular formula is C22H19F3N2O2. The molecule has 1 N–H and O–H groups in total. The lowest BCUT2D eigenvalue weighted by molar-refractivity contribution is -0.137. The molecule has 1 amide bonds. The van der Waals surface area contributed by atoms with Gasteiger partial charge in [-0.3, -0.25) is 9.78 Å². The maximum absolute atomic E-state index is 12.6. The number of carbonyl (C=O) groups is 1. The Labute approximate surface area is 166 Å². The third kappa shape index (κ3) is 5.57. The zero-order chi connectivity index (χ0) is 20.9. The molecule has 1 aromatic heterocycles. The summed E-state index contributed by atoms with van der Waals surface area (Å²) in [4.78, 5) is 16.6. The predicted molar refractivity (Wildman–Crippen MR) is 102 cm³/mol. The van der Waals surface area contributed by atoms with Crippen LogP contribution in [0.25, 0.3) is 0 Å². The van der Waals surface area contributed by atoms with Crippen molar-refractivity contribution in [2.75, 3.05) is 0 Å². The van der Waals surface area contributed by atoms with Crippen LogP contribution >= 0.6 is 0 Å². The normalized spacial score (nSPS) is 12.3. The van der Waals surface area contributed by atoms with Crippen molar-refractivity contribution in [3.63, 3.8) is 0 Å². The Kier molecular flexibility index (Phi) is 6.16. The van der Waals surface area contributed by atoms with Gasteiger partial charge in [0.1, 0.15) is 12.4 Å². The number of nitrogens with zero attached hydrogens (tertiary/aromatic N) is 1. The van der Waals surface area contributed by atoms with Crippen LogP contribution in [0.2, 0.25) is 0 Å². The smallest absolute Gasteiger partial charge is 0.416 e. The molecule has 0 aliphatic carbocycles. The molecule has 0 fully saturated rings. The largest absolute Gasteiger partial charge is 0.487 e. The lowest BCUT2D eigenvalue weighted by Gasteiger charge is -2.15. The van der Waals surface area contributed by atoms with Crippen molar-refractivity contribution in [1.29, 1.82) is 0 Å². The topological polar surface area (TPSA) is 51.2 Å². The molecule has 0 saturated heterocycles. The van der Waals surface area contributed by atoms with Crippen molar-refractivity contribution in [3.8, 4) is 5.75 Å². The van der Waals surface area contributed by atoms with Gasteiger partial charge >= 0.3 is 6.18 Å². The van der Waals surface area contributed by atoms with E-state index in [0.29, 0.717) is 18.1 Å². The average molecular weight is 400 g/mol. The van der Waals surface area contributed by atoms with Crippen molar-refractivity contribution >= 4 is 5.91 Å². The highest BCUT2D eigenvalue weighted by atomic mass is 19.4. The van der Waals surface area contributed by atoms with E-state index in [0.717, 1.165) is 29.8 Å². The Morgan fingerprint density at radius 3 is 2.31 bits per heavy atom. The highest BCUT2D eigenvalue weighted by Gasteiger charge is 2.30. The summed E-state index contributed by atoms with van der Waals surface area (Å²) in [6.07, 6.45) is -2.87. The van der Waals surface area contributed by atoms with Gasteiger partial charge in [-0.05, 0) is 48.9 Å². The number of amides is 1. The van der Waals surface area contributed by atoms with Crippen LogP contribution in [0, 0.1) is 0 Å². The molecule has 1 atom stereocenters. The third-order valence-corrected chi connectivity index (χ3v) is 4.27. The van der Waals surface area contributed by atoms with Gasteiger partial charge in [0, 0.05) is 5.56 Å². The summed E-state index contributed by atoms with van der Waals surface area (Å²) in [6, 6.07) is 16.9. The van der Waals surface area contributed by atoms with E-state index in [9.17, 15) is 18.0 Å². The first-order valence-corrected chi connectivity index (χ1v) is 8.94. The van der Waals surface area contributed by atoms with Crippen LogP contribution in [0.15, 0.2) is 72.9 Å². The number of hydrogen-bond donors (Lipinski definition) is 1. The van der Waals surface area contributed by atoms with Crippen molar-refractivity contribution in [3.05, 3.63) is 95.3 Å². The summed E-state index contributed by atoms with van der Waals surface area (Å²) in [6.45, 7) is 2.16. The fourth-order valence-corrected chi connectivity index (χ4v) is 2.64. The molecule has 1 heterocycles. The Balaban J connectivity index is 1.57. The monoisotopic (exact) mass is 400 g/mol. The molecule has 0 bridgehead atoms. The van der Waals surface area contributed by atoms with Gasteiger partial charge in [0.2, 0.25) is 0 Å². The first kappa shape index (κ1) is 20.4. The van der Waals surface area contributed by atoms with Crippen molar-refractivity contribution in [2.24, 2.45) is 0 Å². The molecule has 150 valence electrons. The summed E-state index contributed by atoms with van der Waals surface area (Å²) >= 11 is 0. The van der Waals surface area contributed by atoms with E-state index < -0.39 is 23.7 Å². The van der Waals surface area contributed by atoms with Crippen LogP contribution in [0.5, 0.6) is 5.75 Å². The number of ether oxygens (including phenoxy) is 1. The third-order valence-electron chi connectivity index (χ3n) is 4.27. The van der Waals surface area contributed by atoms with Gasteiger partial charge in [0.25, 0.3) is 5.91 Å². The summed E-state index contributed by atoms with van der Waals surface area (Å²) in [5, 5.41) is 2.72. The second kappa shape index (κ2) is 8.77. The standard InChI is InChI=1S/C22H19F3N2O2/c1-15(27-21(28)17-7-9-18(10-8-17)22(23,24)25)20-12-11-19(13-26-20)29-14-16-5-3-2-4-6-16/h2-13,15H,14H2,1H3,(H,27,28). The molecule has 0 radical (unpaired) electrons. The van der Waals surface area contributed by atoms with E-state index in [4.69, 9.17) is 4.74 Å². The minimum atomic E-state index is -4.43. The minimum absolute atomic E-state index is 0.146. The van der Waals surface area contributed by atoms with E-state index in [2.05, 4.69) is 10.3 Å². The summed E-state index contributed by atoms with van der Waals surface area (Å²) < 4.78 is 43.5. The van der Waals surface area contributed by atoms with E-state index in [1.165, 1.54) is 0 Å². The lowest BCUT2D eigenvalue weighted by Crippen LogP contribution is -2.27. The number of nitrogens with one attached hydrogen (secondary N) is 1. The van der Waals surface area contributed by atoms with Crippen LogP contribution < -0.4 is 10.1 Å². The quantitative estimate of drug-likeness (QED) is 0.621. The molecule has 0 aliphatic heterocycles. The van der Waals surface area contributed by atoms with Crippen LogP contribution in [-0.4, -0.2) is 10.9 Å². The first-order chi connectivity index (χ1) is 13.8. The molecular weight excluding hydrogens is 381 g/mol. The molecule has 0 aliphatic rings. The molecule has 2 aromatic carbocycles. The predicted octanol–water partition coefficient (Wildman–Crippen LogP) is 5.17. The van der Waals surface area contributed by atoms with E-state index in [1.807, 2.05) is 30.3 Å². The molecule has 0 spiro atoms. The molecule has 3 rings (SSSR count). The van der Waals surface area contributed by atoms with Gasteiger partial charge in [-0.2, -0.15) is 13.2 Å². The number of hydrogen-bond acceptors (Lipinski definition) is 3. The first-order valence-electron chi connectivity index (χ1n) is 8.94. The molecule has 29 heavy (non-hydrogen) atoms. The van der Waals surface area contributed by atoms with Gasteiger partial charge in [0.05, 0.1) is 23.5 Å². The highest BCUT2D eigenvalue weighted by molar-refractivity contribution is 5.94. The van der Waals surface area contributed by atoms with Gasteiger partial charge < -0.3 is 10.1 Å². The molecule has 3 aromatic rings. The van der Waals surface area contributed by atoms with Crippen LogP contribution in [0.3, 0.4) is 0 Å². The van der Waals surface area contributed by atoms with E-state index >= 15 is 0 Å². The van der Waals surface area contributed by atoms with Gasteiger partial charge in [-0.15, -0.1) is 0 Å². The number of carbonyl (C=O) groups excluding carboxylic acids is 1. The average Bonchev–Trinajstić information content (AvgIpc) is 2.73. The SMILES string of the molecule is CC(NC(=O)c1ccc(C(F)(F)F)cc1)c1ccc(OCc2ccccc2)cn1. The minimum Gasteiger partial charge on any atom is -0.487 e. The summed E-state index contributed by atoms with van der Waals surface area (Å²) in [5.74, 6) is 0.122. The Morgan fingerprint density at radius 2 is 1.72 bits per heavy atom. The zero-order valence-corrected chi connectivity index (χ0v) is 15.6. The second-order valence-corrected chi connectivity index (χ2v) is 6.46. The van der Waals surface area contributed by atoms with E-state index in [-0.39, 0.29) is 5.56 Å². The number of rotatable bonds is 6. The molecule has 1 unspecified atom stereocenters. The zero-order valence-electron chi connectivity index (χ0n) is 15.6.